The molecule has 1 heterocycles. The van der Waals surface area contributed by atoms with Gasteiger partial charge in [-0.1, -0.05) is 30.4 Å². The number of methoxy groups -OCH3 is 1. The Balaban J connectivity index is 2.14. The number of thioether (sulfide) groups is 1. The molecule has 1 aromatic carbocycles. The number of allylic oxidation sites excluding steroid dienone is 2. The number of imide groups is 1. The first-order valence-corrected chi connectivity index (χ1v) is 6.07. The maximum Gasteiger partial charge on any atom is 0.290 e. The lowest BCUT2D eigenvalue weighted by Gasteiger charge is -2.02. The Bertz CT molecular complexity index is 549. The summed E-state index contributed by atoms with van der Waals surface area (Å²) in [6.07, 6.45) is 5.15. The number of para-hydroxylation sites is 1. The van der Waals surface area contributed by atoms with Crippen molar-refractivity contribution in [3.8, 4) is 5.75 Å². The van der Waals surface area contributed by atoms with Gasteiger partial charge in [0.1, 0.15) is 5.75 Å². The van der Waals surface area contributed by atoms with Gasteiger partial charge in [0.25, 0.3) is 11.1 Å². The van der Waals surface area contributed by atoms with Crippen LogP contribution in [0.15, 0.2) is 41.3 Å². The highest BCUT2D eigenvalue weighted by molar-refractivity contribution is 8.18. The van der Waals surface area contributed by atoms with Crippen molar-refractivity contribution in [3.05, 3.63) is 46.9 Å². The average molecular weight is 261 g/mol. The predicted molar refractivity (Wildman–Crippen MR) is 71.2 cm³/mol. The minimum absolute atomic E-state index is 0.336. The molecule has 2 amide bonds. The van der Waals surface area contributed by atoms with Crippen molar-refractivity contribution >= 4 is 29.0 Å². The lowest BCUT2D eigenvalue weighted by Crippen LogP contribution is -2.17. The van der Waals surface area contributed by atoms with E-state index < -0.39 is 0 Å². The number of hydrogen-bond donors (Lipinski definition) is 1. The summed E-state index contributed by atoms with van der Waals surface area (Å²) in [6.45, 7) is 0. The summed E-state index contributed by atoms with van der Waals surface area (Å²) in [5.41, 5.74) is 0.909. The fraction of sp³-hybridized carbons (Fsp3) is 0.0769. The molecule has 2 rings (SSSR count). The first-order valence-electron chi connectivity index (χ1n) is 5.25. The third kappa shape index (κ3) is 2.81. The van der Waals surface area contributed by atoms with Crippen molar-refractivity contribution in [2.45, 2.75) is 0 Å². The Hall–Kier alpha value is -2.01. The van der Waals surface area contributed by atoms with Crippen LogP contribution < -0.4 is 10.1 Å². The minimum atomic E-state index is -0.352. The van der Waals surface area contributed by atoms with Gasteiger partial charge in [0.2, 0.25) is 0 Å². The van der Waals surface area contributed by atoms with Crippen LogP contribution in [-0.4, -0.2) is 18.3 Å². The van der Waals surface area contributed by atoms with Gasteiger partial charge in [-0.2, -0.15) is 0 Å². The fourth-order valence-electron chi connectivity index (χ4n) is 1.48. The molecule has 18 heavy (non-hydrogen) atoms. The second-order valence-corrected chi connectivity index (χ2v) is 4.49. The van der Waals surface area contributed by atoms with Crippen LogP contribution in [0.25, 0.3) is 6.08 Å². The Morgan fingerprint density at radius 3 is 2.72 bits per heavy atom. The highest BCUT2D eigenvalue weighted by Gasteiger charge is 2.24. The summed E-state index contributed by atoms with van der Waals surface area (Å²) in [6, 6.07) is 7.54. The zero-order chi connectivity index (χ0) is 13.0. The number of benzene rings is 1. The van der Waals surface area contributed by atoms with Gasteiger partial charge in [-0.3, -0.25) is 14.9 Å². The van der Waals surface area contributed by atoms with Crippen LogP contribution in [0.5, 0.6) is 5.75 Å². The molecule has 0 radical (unpaired) electrons. The molecule has 0 aliphatic carbocycles. The second kappa shape index (κ2) is 5.55. The molecule has 1 saturated heterocycles. The number of hydrogen-bond acceptors (Lipinski definition) is 4. The van der Waals surface area contributed by atoms with Crippen LogP contribution in [0.1, 0.15) is 5.56 Å². The first kappa shape index (κ1) is 12.4. The highest BCUT2D eigenvalue weighted by Crippen LogP contribution is 2.23. The Morgan fingerprint density at radius 1 is 1.28 bits per heavy atom. The van der Waals surface area contributed by atoms with E-state index in [4.69, 9.17) is 4.74 Å². The molecule has 1 aliphatic heterocycles. The molecule has 0 aromatic heterocycles. The lowest BCUT2D eigenvalue weighted by atomic mass is 10.2. The van der Waals surface area contributed by atoms with E-state index in [1.54, 1.807) is 19.3 Å². The second-order valence-electron chi connectivity index (χ2n) is 3.48. The molecular weight excluding hydrogens is 250 g/mol. The molecule has 0 atom stereocenters. The minimum Gasteiger partial charge on any atom is -0.496 e. The summed E-state index contributed by atoms with van der Waals surface area (Å²) in [5.74, 6) is 0.404. The average Bonchev–Trinajstić information content (AvgIpc) is 2.68. The van der Waals surface area contributed by atoms with Crippen molar-refractivity contribution in [2.24, 2.45) is 0 Å². The maximum absolute atomic E-state index is 11.3. The molecule has 1 aromatic rings. The van der Waals surface area contributed by atoms with Gasteiger partial charge in [-0.15, -0.1) is 0 Å². The van der Waals surface area contributed by atoms with Crippen molar-refractivity contribution in [2.75, 3.05) is 7.11 Å². The smallest absolute Gasteiger partial charge is 0.290 e. The summed E-state index contributed by atoms with van der Waals surface area (Å²) < 4.78 is 5.20. The van der Waals surface area contributed by atoms with Gasteiger partial charge in [0.15, 0.2) is 0 Å². The van der Waals surface area contributed by atoms with E-state index in [0.29, 0.717) is 4.91 Å². The number of nitrogens with one attached hydrogen (secondary N) is 1. The number of carbonyl (C=O) groups is 2. The SMILES string of the molecule is COc1ccccc1C=CC=C1SC(=O)NC1=O. The Morgan fingerprint density at radius 2 is 2.06 bits per heavy atom. The largest absolute Gasteiger partial charge is 0.496 e. The highest BCUT2D eigenvalue weighted by atomic mass is 32.2. The quantitative estimate of drug-likeness (QED) is 0.850. The van der Waals surface area contributed by atoms with Crippen LogP contribution in [-0.2, 0) is 4.79 Å². The van der Waals surface area contributed by atoms with Crippen molar-refractivity contribution in [1.82, 2.24) is 5.32 Å². The van der Waals surface area contributed by atoms with Gasteiger partial charge in [-0.25, -0.2) is 0 Å². The van der Waals surface area contributed by atoms with E-state index in [9.17, 15) is 9.59 Å². The van der Waals surface area contributed by atoms with Crippen LogP contribution in [0, 0.1) is 0 Å². The molecule has 92 valence electrons. The molecule has 0 saturated carbocycles. The van der Waals surface area contributed by atoms with Crippen LogP contribution in [0.3, 0.4) is 0 Å². The van der Waals surface area contributed by atoms with Crippen molar-refractivity contribution < 1.29 is 14.3 Å². The standard InChI is InChI=1S/C13H11NO3S/c1-17-10-7-3-2-5-9(10)6-4-8-11-12(15)14-13(16)18-11/h2-8H,1H3,(H,14,15,16). The molecule has 0 bridgehead atoms. The van der Waals surface area contributed by atoms with Gasteiger partial charge >= 0.3 is 0 Å². The number of rotatable bonds is 3. The molecule has 1 fully saturated rings. The van der Waals surface area contributed by atoms with Gasteiger partial charge in [0, 0.05) is 5.56 Å². The monoisotopic (exact) mass is 261 g/mol. The molecular formula is C13H11NO3S. The van der Waals surface area contributed by atoms with E-state index in [-0.39, 0.29) is 11.1 Å². The normalized spacial score (nSPS) is 17.5. The molecule has 0 spiro atoms. The topological polar surface area (TPSA) is 55.4 Å². The van der Waals surface area contributed by atoms with E-state index in [1.807, 2.05) is 30.3 Å². The summed E-state index contributed by atoms with van der Waals surface area (Å²) in [5, 5.41) is 1.86. The third-order valence-corrected chi connectivity index (χ3v) is 3.13. The van der Waals surface area contributed by atoms with Crippen LogP contribution in [0.2, 0.25) is 0 Å². The number of carbonyl (C=O) groups excluding carboxylic acids is 2. The van der Waals surface area contributed by atoms with Gasteiger partial charge in [0.05, 0.1) is 12.0 Å². The predicted octanol–water partition coefficient (Wildman–Crippen LogP) is 2.58. The summed E-state index contributed by atoms with van der Waals surface area (Å²) in [7, 11) is 1.60. The van der Waals surface area contributed by atoms with Gasteiger partial charge < -0.3 is 4.74 Å². The van der Waals surface area contributed by atoms with Gasteiger partial charge in [-0.05, 0) is 23.9 Å². The van der Waals surface area contributed by atoms with Crippen molar-refractivity contribution in [1.29, 1.82) is 0 Å². The molecule has 1 aliphatic rings. The molecule has 0 unspecified atom stereocenters. The maximum atomic E-state index is 11.3. The van der Waals surface area contributed by atoms with Crippen molar-refractivity contribution in [3.63, 3.8) is 0 Å². The van der Waals surface area contributed by atoms with E-state index in [1.165, 1.54) is 0 Å². The fourth-order valence-corrected chi connectivity index (χ4v) is 2.11. The first-order chi connectivity index (χ1) is 8.70. The van der Waals surface area contributed by atoms with E-state index in [2.05, 4.69) is 5.32 Å². The van der Waals surface area contributed by atoms with Crippen LogP contribution in [0.4, 0.5) is 4.79 Å². The zero-order valence-electron chi connectivity index (χ0n) is 9.67. The molecule has 4 nitrogen and oxygen atoms in total. The Kier molecular flexibility index (Phi) is 3.84. The summed E-state index contributed by atoms with van der Waals surface area (Å²) in [4.78, 5) is 22.6. The number of ether oxygens (including phenoxy) is 1. The summed E-state index contributed by atoms with van der Waals surface area (Å²) >= 11 is 0.898. The lowest BCUT2D eigenvalue weighted by molar-refractivity contribution is -0.115. The zero-order valence-corrected chi connectivity index (χ0v) is 10.5. The van der Waals surface area contributed by atoms with E-state index >= 15 is 0 Å². The molecule has 1 N–H and O–H groups in total. The Labute approximate surface area is 109 Å². The van der Waals surface area contributed by atoms with Crippen LogP contribution >= 0.6 is 11.8 Å². The third-order valence-electron chi connectivity index (χ3n) is 2.30. The van der Waals surface area contributed by atoms with E-state index in [0.717, 1.165) is 23.1 Å². The number of amides is 2. The molecule has 5 heteroatoms.